The van der Waals surface area contributed by atoms with Gasteiger partial charge in [0.05, 0.1) is 11.0 Å². The minimum Gasteiger partial charge on any atom is -0.462 e. The van der Waals surface area contributed by atoms with Gasteiger partial charge in [-0.15, -0.1) is 0 Å². The first-order valence-corrected chi connectivity index (χ1v) is 13.2. The van der Waals surface area contributed by atoms with Crippen molar-refractivity contribution in [3.63, 3.8) is 0 Å². The molecule has 0 spiro atoms. The van der Waals surface area contributed by atoms with Crippen LogP contribution in [0, 0.1) is 5.41 Å². The van der Waals surface area contributed by atoms with Gasteiger partial charge in [-0.3, -0.25) is 4.79 Å². The maximum atomic E-state index is 12.4. The lowest BCUT2D eigenvalue weighted by atomic mass is 9.97. The second-order valence-corrected chi connectivity index (χ2v) is 10.7. The first-order valence-electron chi connectivity index (χ1n) is 13.2. The van der Waals surface area contributed by atoms with Gasteiger partial charge in [0.25, 0.3) is 0 Å². The summed E-state index contributed by atoms with van der Waals surface area (Å²) in [4.78, 5) is 48.4. The van der Waals surface area contributed by atoms with E-state index in [1.807, 2.05) is 36.4 Å². The molecule has 0 amide bonds. The van der Waals surface area contributed by atoms with Gasteiger partial charge in [0.15, 0.2) is 11.5 Å². The van der Waals surface area contributed by atoms with Crippen molar-refractivity contribution in [2.45, 2.75) is 34.6 Å². The Bertz CT molecular complexity index is 1510. The van der Waals surface area contributed by atoms with Crippen LogP contribution in [0.3, 0.4) is 0 Å². The highest BCUT2D eigenvalue weighted by molar-refractivity contribution is 5.92. The van der Waals surface area contributed by atoms with Crippen LogP contribution in [-0.4, -0.2) is 37.1 Å². The summed E-state index contributed by atoms with van der Waals surface area (Å²) in [6, 6.07) is 19.5. The average Bonchev–Trinajstić information content (AvgIpc) is 2.95. The number of rotatable bonds is 10. The third-order valence-corrected chi connectivity index (χ3v) is 5.88. The maximum absolute atomic E-state index is 12.4. The largest absolute Gasteiger partial charge is 0.462 e. The van der Waals surface area contributed by atoms with Crippen molar-refractivity contribution >= 4 is 23.9 Å². The van der Waals surface area contributed by atoms with E-state index in [0.29, 0.717) is 5.56 Å². The Balaban J connectivity index is 1.70. The summed E-state index contributed by atoms with van der Waals surface area (Å²) in [5.41, 5.74) is 3.51. The second kappa shape index (κ2) is 13.6. The lowest BCUT2D eigenvalue weighted by Crippen LogP contribution is -2.24. The molecular formula is C34H34O8. The van der Waals surface area contributed by atoms with Crippen molar-refractivity contribution < 1.29 is 38.1 Å². The summed E-state index contributed by atoms with van der Waals surface area (Å²) >= 11 is 0. The standard InChI is InChI=1S/C34H34O8/c1-21(2)30(35)41-28-17-16-27(20-29(28)42-31(36)22(3)4)25-10-8-23(9-11-25)24-12-14-26(15-13-24)32(37)39-18-19-40-33(38)34(5,6)7/h8-17,20H,1,3,18-19H2,2,4-7H3. The van der Waals surface area contributed by atoms with Crippen LogP contribution in [0.15, 0.2) is 91.0 Å². The van der Waals surface area contributed by atoms with E-state index < -0.39 is 23.3 Å². The number of hydrogen-bond donors (Lipinski definition) is 0. The molecule has 218 valence electrons. The fraction of sp³-hybridized carbons (Fsp3) is 0.235. The van der Waals surface area contributed by atoms with Gasteiger partial charge in [-0.25, -0.2) is 14.4 Å². The quantitative estimate of drug-likeness (QED) is 0.114. The van der Waals surface area contributed by atoms with Gasteiger partial charge >= 0.3 is 23.9 Å². The van der Waals surface area contributed by atoms with Gasteiger partial charge in [-0.05, 0) is 81.1 Å². The van der Waals surface area contributed by atoms with Gasteiger partial charge in [-0.1, -0.05) is 55.6 Å². The van der Waals surface area contributed by atoms with Gasteiger partial charge < -0.3 is 18.9 Å². The predicted octanol–water partition coefficient (Wildman–Crippen LogP) is 6.73. The Kier molecular flexibility index (Phi) is 10.2. The molecule has 0 bridgehead atoms. The molecule has 0 N–H and O–H groups in total. The molecule has 3 rings (SSSR count). The van der Waals surface area contributed by atoms with Crippen LogP contribution in [0.25, 0.3) is 22.3 Å². The topological polar surface area (TPSA) is 105 Å². The molecule has 8 heteroatoms. The van der Waals surface area contributed by atoms with Crippen LogP contribution in [-0.2, 0) is 23.9 Å². The molecule has 0 atom stereocenters. The van der Waals surface area contributed by atoms with Gasteiger partial charge in [0.1, 0.15) is 13.2 Å². The summed E-state index contributed by atoms with van der Waals surface area (Å²) in [7, 11) is 0. The van der Waals surface area contributed by atoms with Crippen LogP contribution in [0.5, 0.6) is 11.5 Å². The smallest absolute Gasteiger partial charge is 0.338 e. The second-order valence-electron chi connectivity index (χ2n) is 10.7. The van der Waals surface area contributed by atoms with Crippen molar-refractivity contribution in [3.8, 4) is 33.8 Å². The summed E-state index contributed by atoms with van der Waals surface area (Å²) in [5.74, 6) is -1.99. The van der Waals surface area contributed by atoms with E-state index in [4.69, 9.17) is 18.9 Å². The van der Waals surface area contributed by atoms with Crippen LogP contribution >= 0.6 is 0 Å². The van der Waals surface area contributed by atoms with Crippen molar-refractivity contribution in [1.29, 1.82) is 0 Å². The first-order chi connectivity index (χ1) is 19.8. The summed E-state index contributed by atoms with van der Waals surface area (Å²) in [6.45, 7) is 15.4. The number of esters is 4. The van der Waals surface area contributed by atoms with Crippen LogP contribution in [0.2, 0.25) is 0 Å². The highest BCUT2D eigenvalue weighted by Crippen LogP contribution is 2.34. The molecule has 0 fully saturated rings. The normalized spacial score (nSPS) is 10.8. The molecule has 42 heavy (non-hydrogen) atoms. The molecule has 0 saturated heterocycles. The molecule has 0 saturated carbocycles. The van der Waals surface area contributed by atoms with Crippen molar-refractivity contribution in [2.75, 3.05) is 13.2 Å². The highest BCUT2D eigenvalue weighted by atomic mass is 16.6. The Morgan fingerprint density at radius 1 is 0.619 bits per heavy atom. The first kappa shape index (κ1) is 31.5. The monoisotopic (exact) mass is 570 g/mol. The molecule has 0 aromatic heterocycles. The number of benzene rings is 3. The summed E-state index contributed by atoms with van der Waals surface area (Å²) in [5, 5.41) is 0. The minimum absolute atomic E-state index is 0.00747. The lowest BCUT2D eigenvalue weighted by Gasteiger charge is -2.16. The maximum Gasteiger partial charge on any atom is 0.338 e. The molecule has 0 aliphatic rings. The zero-order chi connectivity index (χ0) is 31.0. The predicted molar refractivity (Wildman–Crippen MR) is 159 cm³/mol. The third kappa shape index (κ3) is 8.51. The number of carbonyl (C=O) groups is 4. The van der Waals surface area contributed by atoms with E-state index in [2.05, 4.69) is 13.2 Å². The Labute approximate surface area is 245 Å². The Morgan fingerprint density at radius 3 is 1.55 bits per heavy atom. The molecule has 3 aromatic carbocycles. The van der Waals surface area contributed by atoms with E-state index in [9.17, 15) is 19.2 Å². The van der Waals surface area contributed by atoms with Gasteiger partial charge in [0.2, 0.25) is 0 Å². The van der Waals surface area contributed by atoms with Crippen molar-refractivity contribution in [1.82, 2.24) is 0 Å². The molecule has 0 aliphatic carbocycles. The zero-order valence-electron chi connectivity index (χ0n) is 24.4. The number of carbonyl (C=O) groups excluding carboxylic acids is 4. The van der Waals surface area contributed by atoms with Crippen molar-refractivity contribution in [3.05, 3.63) is 96.6 Å². The molecule has 0 aliphatic heterocycles. The molecular weight excluding hydrogens is 536 g/mol. The Hall–Kier alpha value is -4.98. The Morgan fingerprint density at radius 2 is 1.05 bits per heavy atom. The fourth-order valence-corrected chi connectivity index (χ4v) is 3.45. The SMILES string of the molecule is C=C(C)C(=O)Oc1ccc(-c2ccc(-c3ccc(C(=O)OCCOC(=O)C(C)(C)C)cc3)cc2)cc1OC(=O)C(=C)C. The third-order valence-electron chi connectivity index (χ3n) is 5.88. The molecule has 8 nitrogen and oxygen atoms in total. The molecule has 0 unspecified atom stereocenters. The number of hydrogen-bond acceptors (Lipinski definition) is 8. The molecule has 0 heterocycles. The number of ether oxygens (including phenoxy) is 4. The summed E-state index contributed by atoms with van der Waals surface area (Å²) in [6.07, 6.45) is 0. The van der Waals surface area contributed by atoms with E-state index >= 15 is 0 Å². The van der Waals surface area contributed by atoms with Crippen molar-refractivity contribution in [2.24, 2.45) is 5.41 Å². The van der Waals surface area contributed by atoms with Gasteiger partial charge in [-0.2, -0.15) is 0 Å². The van der Waals surface area contributed by atoms with E-state index in [1.54, 1.807) is 51.1 Å². The van der Waals surface area contributed by atoms with Gasteiger partial charge in [0, 0.05) is 11.1 Å². The molecule has 0 radical (unpaired) electrons. The average molecular weight is 571 g/mol. The zero-order valence-corrected chi connectivity index (χ0v) is 24.4. The minimum atomic E-state index is -0.647. The fourth-order valence-electron chi connectivity index (χ4n) is 3.45. The van der Waals surface area contributed by atoms with E-state index in [1.165, 1.54) is 13.8 Å². The van der Waals surface area contributed by atoms with Crippen LogP contribution in [0.4, 0.5) is 0 Å². The van der Waals surface area contributed by atoms with E-state index in [0.717, 1.165) is 22.3 Å². The lowest BCUT2D eigenvalue weighted by molar-refractivity contribution is -0.154. The van der Waals surface area contributed by atoms with Crippen LogP contribution < -0.4 is 9.47 Å². The molecule has 3 aromatic rings. The highest BCUT2D eigenvalue weighted by Gasteiger charge is 2.23. The van der Waals surface area contributed by atoms with E-state index in [-0.39, 0.29) is 41.8 Å². The van der Waals surface area contributed by atoms with Crippen LogP contribution in [0.1, 0.15) is 45.0 Å². The summed E-state index contributed by atoms with van der Waals surface area (Å²) < 4.78 is 21.1.